The first-order valence-electron chi connectivity index (χ1n) is 8.09. The zero-order valence-electron chi connectivity index (χ0n) is 12.8. The summed E-state index contributed by atoms with van der Waals surface area (Å²) in [7, 11) is 0. The van der Waals surface area contributed by atoms with E-state index in [-0.39, 0.29) is 6.04 Å². The second-order valence-corrected chi connectivity index (χ2v) is 7.18. The van der Waals surface area contributed by atoms with Gasteiger partial charge in [0.15, 0.2) is 0 Å². The zero-order valence-corrected chi connectivity index (χ0v) is 13.6. The number of amides is 1. The number of hydrogen-bond acceptors (Lipinski definition) is 4. The molecule has 2 saturated heterocycles. The molecule has 2 fully saturated rings. The Bertz CT molecular complexity index is 482. The first-order valence-corrected chi connectivity index (χ1v) is 8.90. The van der Waals surface area contributed by atoms with E-state index in [1.54, 1.807) is 0 Å². The number of carbonyl (C=O) groups excluding carboxylic acids is 1. The van der Waals surface area contributed by atoms with Crippen LogP contribution in [0.1, 0.15) is 29.5 Å². The van der Waals surface area contributed by atoms with Crippen molar-refractivity contribution in [3.63, 3.8) is 0 Å². The highest BCUT2D eigenvalue weighted by Crippen LogP contribution is 2.25. The van der Waals surface area contributed by atoms with Gasteiger partial charge in [-0.1, -0.05) is 6.92 Å². The van der Waals surface area contributed by atoms with Crippen LogP contribution >= 0.6 is 11.3 Å². The Labute approximate surface area is 131 Å². The van der Waals surface area contributed by atoms with Crippen LogP contribution in [0.5, 0.6) is 0 Å². The molecule has 0 saturated carbocycles. The molecule has 1 aromatic heterocycles. The number of hydrogen-bond donors (Lipinski definition) is 1. The van der Waals surface area contributed by atoms with Crippen molar-refractivity contribution in [3.8, 4) is 0 Å². The first kappa shape index (κ1) is 15.0. The number of nitrogens with one attached hydrogen (secondary N) is 1. The van der Waals surface area contributed by atoms with E-state index in [2.05, 4.69) is 29.3 Å². The molecule has 1 amide bonds. The van der Waals surface area contributed by atoms with E-state index in [0.717, 1.165) is 58.5 Å². The molecule has 116 valence electrons. The smallest absolute Gasteiger partial charge is 0.240 e. The summed E-state index contributed by atoms with van der Waals surface area (Å²) in [6.45, 7) is 7.79. The second-order valence-electron chi connectivity index (χ2n) is 5.93. The van der Waals surface area contributed by atoms with Crippen LogP contribution < -0.4 is 5.32 Å². The predicted molar refractivity (Wildman–Crippen MR) is 86.6 cm³/mol. The maximum atomic E-state index is 12.7. The summed E-state index contributed by atoms with van der Waals surface area (Å²) in [5.74, 6) is 0.348. The van der Waals surface area contributed by atoms with Crippen molar-refractivity contribution in [1.29, 1.82) is 0 Å². The number of aryl methyl sites for hydroxylation is 1. The molecule has 0 aliphatic carbocycles. The molecule has 2 aliphatic heterocycles. The molecule has 3 rings (SSSR count). The lowest BCUT2D eigenvalue weighted by Gasteiger charge is -2.32. The van der Waals surface area contributed by atoms with E-state index >= 15 is 0 Å². The Morgan fingerprint density at radius 3 is 2.76 bits per heavy atom. The maximum Gasteiger partial charge on any atom is 0.240 e. The number of piperazine rings is 1. The van der Waals surface area contributed by atoms with Gasteiger partial charge in [0.25, 0.3) is 0 Å². The van der Waals surface area contributed by atoms with Crippen LogP contribution in [0, 0.1) is 0 Å². The third-order valence-electron chi connectivity index (χ3n) is 4.50. The first-order chi connectivity index (χ1) is 10.3. The van der Waals surface area contributed by atoms with Gasteiger partial charge in [0.1, 0.15) is 0 Å². The molecule has 1 unspecified atom stereocenters. The van der Waals surface area contributed by atoms with Crippen molar-refractivity contribution in [2.75, 3.05) is 32.7 Å². The molecular formula is C16H25N3OS. The highest BCUT2D eigenvalue weighted by atomic mass is 32.1. The second kappa shape index (κ2) is 6.90. The Balaban J connectivity index is 1.62. The number of carbonyl (C=O) groups is 1. The van der Waals surface area contributed by atoms with Crippen LogP contribution in [0.2, 0.25) is 0 Å². The van der Waals surface area contributed by atoms with E-state index in [0.29, 0.717) is 5.91 Å². The van der Waals surface area contributed by atoms with Gasteiger partial charge in [-0.3, -0.25) is 9.69 Å². The minimum absolute atomic E-state index is 0.107. The van der Waals surface area contributed by atoms with Gasteiger partial charge in [-0.25, -0.2) is 0 Å². The Morgan fingerprint density at radius 1 is 1.29 bits per heavy atom. The molecule has 1 atom stereocenters. The number of rotatable bonds is 4. The van der Waals surface area contributed by atoms with E-state index < -0.39 is 0 Å². The van der Waals surface area contributed by atoms with Gasteiger partial charge in [-0.2, -0.15) is 0 Å². The lowest BCUT2D eigenvalue weighted by molar-refractivity contribution is -0.136. The van der Waals surface area contributed by atoms with E-state index in [1.165, 1.54) is 9.75 Å². The molecule has 0 spiro atoms. The Morgan fingerprint density at radius 2 is 2.05 bits per heavy atom. The van der Waals surface area contributed by atoms with Gasteiger partial charge < -0.3 is 10.2 Å². The molecule has 0 bridgehead atoms. The largest absolute Gasteiger partial charge is 0.339 e. The van der Waals surface area contributed by atoms with Crippen molar-refractivity contribution in [3.05, 3.63) is 21.9 Å². The summed E-state index contributed by atoms with van der Waals surface area (Å²) in [6.07, 6.45) is 3.27. The minimum atomic E-state index is 0.107. The highest BCUT2D eigenvalue weighted by molar-refractivity contribution is 7.11. The number of nitrogens with zero attached hydrogens (tertiary/aromatic N) is 2. The topological polar surface area (TPSA) is 35.6 Å². The van der Waals surface area contributed by atoms with Gasteiger partial charge in [0, 0.05) is 42.5 Å². The molecule has 3 heterocycles. The summed E-state index contributed by atoms with van der Waals surface area (Å²) < 4.78 is 0. The van der Waals surface area contributed by atoms with Crippen molar-refractivity contribution in [1.82, 2.24) is 15.1 Å². The lowest BCUT2D eigenvalue weighted by atomic mass is 10.1. The molecule has 2 aliphatic rings. The van der Waals surface area contributed by atoms with Gasteiger partial charge in [-0.15, -0.1) is 11.3 Å². The average molecular weight is 307 g/mol. The van der Waals surface area contributed by atoms with Crippen molar-refractivity contribution in [2.45, 2.75) is 38.8 Å². The van der Waals surface area contributed by atoms with Crippen molar-refractivity contribution < 1.29 is 4.79 Å². The van der Waals surface area contributed by atoms with Crippen LogP contribution in [0.25, 0.3) is 0 Å². The standard InChI is InChI=1S/C16H25N3OS/c1-2-13-5-6-14(21-13)12-19-9-3-4-15(19)16(20)18-10-7-17-8-11-18/h5-6,15,17H,2-4,7-12H2,1H3. The molecular weight excluding hydrogens is 282 g/mol. The summed E-state index contributed by atoms with van der Waals surface area (Å²) in [6, 6.07) is 4.56. The SMILES string of the molecule is CCc1ccc(CN2CCCC2C(=O)N2CCNCC2)s1. The monoisotopic (exact) mass is 307 g/mol. The van der Waals surface area contributed by atoms with E-state index in [4.69, 9.17) is 0 Å². The zero-order chi connectivity index (χ0) is 14.7. The summed E-state index contributed by atoms with van der Waals surface area (Å²) in [5, 5.41) is 3.31. The van der Waals surface area contributed by atoms with Gasteiger partial charge in [0.05, 0.1) is 6.04 Å². The van der Waals surface area contributed by atoms with Gasteiger partial charge in [-0.05, 0) is 37.9 Å². The highest BCUT2D eigenvalue weighted by Gasteiger charge is 2.34. The maximum absolute atomic E-state index is 12.7. The van der Waals surface area contributed by atoms with Crippen LogP contribution in [-0.2, 0) is 17.8 Å². The predicted octanol–water partition coefficient (Wildman–Crippen LogP) is 1.71. The van der Waals surface area contributed by atoms with Crippen molar-refractivity contribution >= 4 is 17.2 Å². The molecule has 4 nitrogen and oxygen atoms in total. The van der Waals surface area contributed by atoms with Crippen LogP contribution in [-0.4, -0.2) is 54.5 Å². The molecule has 5 heteroatoms. The Kier molecular flexibility index (Phi) is 4.93. The van der Waals surface area contributed by atoms with E-state index in [9.17, 15) is 4.79 Å². The van der Waals surface area contributed by atoms with Crippen LogP contribution in [0.15, 0.2) is 12.1 Å². The quantitative estimate of drug-likeness (QED) is 0.920. The fraction of sp³-hybridized carbons (Fsp3) is 0.688. The summed E-state index contributed by atoms with van der Waals surface area (Å²) in [4.78, 5) is 20.0. The van der Waals surface area contributed by atoms with Gasteiger partial charge in [0.2, 0.25) is 5.91 Å². The number of thiophene rings is 1. The van der Waals surface area contributed by atoms with Gasteiger partial charge >= 0.3 is 0 Å². The molecule has 21 heavy (non-hydrogen) atoms. The third kappa shape index (κ3) is 3.47. The van der Waals surface area contributed by atoms with Crippen LogP contribution in [0.4, 0.5) is 0 Å². The molecule has 0 aromatic carbocycles. The lowest BCUT2D eigenvalue weighted by Crippen LogP contribution is -2.52. The molecule has 1 N–H and O–H groups in total. The normalized spacial score (nSPS) is 23.7. The summed E-state index contributed by atoms with van der Waals surface area (Å²) in [5.41, 5.74) is 0. The fourth-order valence-corrected chi connectivity index (χ4v) is 4.27. The minimum Gasteiger partial charge on any atom is -0.339 e. The van der Waals surface area contributed by atoms with Crippen molar-refractivity contribution in [2.24, 2.45) is 0 Å². The number of likely N-dealkylation sites (tertiary alicyclic amines) is 1. The molecule has 0 radical (unpaired) electrons. The summed E-state index contributed by atoms with van der Waals surface area (Å²) >= 11 is 1.89. The third-order valence-corrected chi connectivity index (χ3v) is 5.72. The average Bonchev–Trinajstić information content (AvgIpc) is 3.17. The van der Waals surface area contributed by atoms with E-state index in [1.807, 2.05) is 16.2 Å². The Hall–Kier alpha value is -0.910. The fourth-order valence-electron chi connectivity index (χ4n) is 3.29. The van der Waals surface area contributed by atoms with Crippen LogP contribution in [0.3, 0.4) is 0 Å². The molecule has 1 aromatic rings.